The first-order valence-electron chi connectivity index (χ1n) is 10.8. The molecule has 2 aliphatic heterocycles. The van der Waals surface area contributed by atoms with E-state index in [1.807, 2.05) is 0 Å². The van der Waals surface area contributed by atoms with Gasteiger partial charge in [-0.15, -0.1) is 11.8 Å². The van der Waals surface area contributed by atoms with Crippen molar-refractivity contribution in [3.05, 3.63) is 47.2 Å². The molecule has 0 aliphatic carbocycles. The number of aliphatic carboxylic acids is 1. The van der Waals surface area contributed by atoms with E-state index in [-0.39, 0.29) is 18.1 Å². The molecule has 1 fully saturated rings. The lowest BCUT2D eigenvalue weighted by Gasteiger charge is -2.49. The van der Waals surface area contributed by atoms with E-state index in [9.17, 15) is 29.1 Å². The highest BCUT2D eigenvalue weighted by atomic mass is 32.2. The fourth-order valence-corrected chi connectivity index (χ4v) is 4.92. The summed E-state index contributed by atoms with van der Waals surface area (Å²) in [6.45, 7) is 6.03. The number of carboxylic acid groups (broad SMARTS) is 1. The number of amides is 3. The monoisotopic (exact) mass is 505 g/mol. The molecule has 1 saturated heterocycles. The molecule has 188 valence electrons. The van der Waals surface area contributed by atoms with Crippen molar-refractivity contribution in [2.24, 2.45) is 0 Å². The molecule has 0 spiro atoms. The number of alkyl carbamates (subject to hydrolysis) is 1. The van der Waals surface area contributed by atoms with Gasteiger partial charge in [0.15, 0.2) is 0 Å². The zero-order chi connectivity index (χ0) is 25.9. The van der Waals surface area contributed by atoms with Crippen molar-refractivity contribution in [2.75, 3.05) is 12.4 Å². The highest BCUT2D eigenvalue weighted by molar-refractivity contribution is 8.00. The van der Waals surface area contributed by atoms with Gasteiger partial charge in [-0.3, -0.25) is 19.3 Å². The molecule has 3 amide bonds. The van der Waals surface area contributed by atoms with E-state index < -0.39 is 52.9 Å². The zero-order valence-corrected chi connectivity index (χ0v) is 20.5. The third-order valence-electron chi connectivity index (χ3n) is 5.05. The number of hydrogen-bond donors (Lipinski definition) is 3. The lowest BCUT2D eigenvalue weighted by molar-refractivity contribution is -0.151. The third-order valence-corrected chi connectivity index (χ3v) is 6.39. The fraction of sp³-hybridized carbons (Fsp3) is 0.435. The summed E-state index contributed by atoms with van der Waals surface area (Å²) in [5.74, 6) is -2.96. The molecule has 35 heavy (non-hydrogen) atoms. The molecule has 1 aromatic carbocycles. The summed E-state index contributed by atoms with van der Waals surface area (Å²) in [6.07, 6.45) is -0.804. The van der Waals surface area contributed by atoms with Crippen LogP contribution in [-0.4, -0.2) is 69.2 Å². The number of carbonyl (C=O) groups is 5. The van der Waals surface area contributed by atoms with E-state index in [4.69, 9.17) is 9.47 Å². The molecular formula is C23H27N3O8S. The minimum absolute atomic E-state index is 0.202. The van der Waals surface area contributed by atoms with Gasteiger partial charge in [0, 0.05) is 18.2 Å². The van der Waals surface area contributed by atoms with E-state index in [1.165, 1.54) is 18.7 Å². The Hall–Kier alpha value is -3.54. The molecule has 0 saturated carbocycles. The lowest BCUT2D eigenvalue weighted by atomic mass is 10.0. The van der Waals surface area contributed by atoms with Crippen LogP contribution >= 0.6 is 11.8 Å². The molecule has 3 atom stereocenters. The van der Waals surface area contributed by atoms with Gasteiger partial charge < -0.3 is 25.2 Å². The van der Waals surface area contributed by atoms with E-state index in [0.717, 1.165) is 4.90 Å². The second kappa shape index (κ2) is 10.4. The molecule has 0 bridgehead atoms. The standard InChI is InChI=1S/C23H27N3O8S/c1-12(27)33-10-14-11-35-20-16(19(29)26(20)17(14)21(30)31)24-18(28)15(13-8-6-5-7-9-13)25-22(32)34-23(2,3)4/h5-9,15-16,20H,10-11H2,1-4H3,(H,24,28)(H,25,32)(H,30,31)/t15-,16+,20-/m0/s1. The lowest BCUT2D eigenvalue weighted by Crippen LogP contribution is -2.71. The number of thioether (sulfide) groups is 1. The van der Waals surface area contributed by atoms with E-state index in [1.54, 1.807) is 51.1 Å². The maximum absolute atomic E-state index is 13.2. The molecule has 12 heteroatoms. The molecule has 3 N–H and O–H groups in total. The summed E-state index contributed by atoms with van der Waals surface area (Å²) in [5.41, 5.74) is -0.266. The van der Waals surface area contributed by atoms with Crippen molar-refractivity contribution in [1.29, 1.82) is 0 Å². The number of esters is 1. The first kappa shape index (κ1) is 26.1. The number of nitrogens with zero attached hydrogens (tertiary/aromatic N) is 1. The van der Waals surface area contributed by atoms with E-state index in [2.05, 4.69) is 10.6 Å². The largest absolute Gasteiger partial charge is 0.477 e. The van der Waals surface area contributed by atoms with Gasteiger partial charge in [0.2, 0.25) is 5.91 Å². The van der Waals surface area contributed by atoms with Crippen LogP contribution in [0.2, 0.25) is 0 Å². The van der Waals surface area contributed by atoms with Crippen LogP contribution in [-0.2, 0) is 28.7 Å². The highest BCUT2D eigenvalue weighted by Crippen LogP contribution is 2.40. The van der Waals surface area contributed by atoms with Gasteiger partial charge in [0.1, 0.15) is 35.4 Å². The predicted molar refractivity (Wildman–Crippen MR) is 125 cm³/mol. The topological polar surface area (TPSA) is 151 Å². The molecular weight excluding hydrogens is 478 g/mol. The number of carbonyl (C=O) groups excluding carboxylic acids is 4. The zero-order valence-electron chi connectivity index (χ0n) is 19.7. The summed E-state index contributed by atoms with van der Waals surface area (Å²) in [7, 11) is 0. The van der Waals surface area contributed by atoms with Crippen molar-refractivity contribution < 1.29 is 38.6 Å². The van der Waals surface area contributed by atoms with E-state index in [0.29, 0.717) is 11.1 Å². The smallest absolute Gasteiger partial charge is 0.408 e. The first-order valence-corrected chi connectivity index (χ1v) is 11.8. The second-order valence-electron chi connectivity index (χ2n) is 8.92. The van der Waals surface area contributed by atoms with Crippen LogP contribution in [0.15, 0.2) is 41.6 Å². The summed E-state index contributed by atoms with van der Waals surface area (Å²) in [6, 6.07) is 6.32. The second-order valence-corrected chi connectivity index (χ2v) is 10.0. The number of carboxylic acids is 1. The van der Waals surface area contributed by atoms with Crippen molar-refractivity contribution in [3.63, 3.8) is 0 Å². The van der Waals surface area contributed by atoms with Crippen molar-refractivity contribution in [1.82, 2.24) is 15.5 Å². The number of rotatable bonds is 7. The number of benzene rings is 1. The van der Waals surface area contributed by atoms with Crippen LogP contribution in [0.4, 0.5) is 4.79 Å². The van der Waals surface area contributed by atoms with Crippen LogP contribution in [0.25, 0.3) is 0 Å². The maximum atomic E-state index is 13.2. The Morgan fingerprint density at radius 2 is 1.86 bits per heavy atom. The Balaban J connectivity index is 1.77. The van der Waals surface area contributed by atoms with Crippen LogP contribution in [0.3, 0.4) is 0 Å². The molecule has 0 aromatic heterocycles. The number of hydrogen-bond acceptors (Lipinski definition) is 8. The number of ether oxygens (including phenoxy) is 2. The normalized spacial score (nSPS) is 20.2. The average Bonchev–Trinajstić information content (AvgIpc) is 2.77. The Labute approximate surface area is 206 Å². The van der Waals surface area contributed by atoms with E-state index >= 15 is 0 Å². The molecule has 2 aliphatic rings. The predicted octanol–water partition coefficient (Wildman–Crippen LogP) is 1.55. The molecule has 2 heterocycles. The van der Waals surface area contributed by atoms with Gasteiger partial charge in [-0.25, -0.2) is 9.59 Å². The Bertz CT molecular complexity index is 1070. The molecule has 0 radical (unpaired) electrons. The molecule has 3 rings (SSSR count). The highest BCUT2D eigenvalue weighted by Gasteiger charge is 2.54. The van der Waals surface area contributed by atoms with Crippen LogP contribution in [0.1, 0.15) is 39.3 Å². The van der Waals surface area contributed by atoms with Gasteiger partial charge in [0.25, 0.3) is 5.91 Å². The van der Waals surface area contributed by atoms with Crippen molar-refractivity contribution in [2.45, 2.75) is 50.8 Å². The summed E-state index contributed by atoms with van der Waals surface area (Å²) < 4.78 is 10.2. The Morgan fingerprint density at radius 1 is 1.20 bits per heavy atom. The summed E-state index contributed by atoms with van der Waals surface area (Å²) in [5, 5.41) is 14.2. The third kappa shape index (κ3) is 6.13. The van der Waals surface area contributed by atoms with Gasteiger partial charge in [-0.1, -0.05) is 30.3 Å². The SMILES string of the molecule is CC(=O)OCC1=C(C(=O)O)N2C(=O)[C@@H](NC(=O)[C@@H](NC(=O)OC(C)(C)C)c3ccccc3)[C@@H]2SC1. The van der Waals surface area contributed by atoms with Crippen molar-refractivity contribution >= 4 is 41.6 Å². The number of nitrogens with one attached hydrogen (secondary N) is 2. The first-order chi connectivity index (χ1) is 16.4. The average molecular weight is 506 g/mol. The minimum atomic E-state index is -1.33. The summed E-state index contributed by atoms with van der Waals surface area (Å²) >= 11 is 1.24. The number of fused-ring (bicyclic) bond motifs is 1. The van der Waals surface area contributed by atoms with Gasteiger partial charge in [0.05, 0.1) is 0 Å². The van der Waals surface area contributed by atoms with Gasteiger partial charge >= 0.3 is 18.0 Å². The fourth-order valence-electron chi connectivity index (χ4n) is 3.59. The molecule has 1 aromatic rings. The quantitative estimate of drug-likeness (QED) is 0.370. The number of β-lactam (4-membered cyclic amide) rings is 1. The van der Waals surface area contributed by atoms with Gasteiger partial charge in [-0.2, -0.15) is 0 Å². The van der Waals surface area contributed by atoms with Crippen LogP contribution in [0, 0.1) is 0 Å². The van der Waals surface area contributed by atoms with Crippen molar-refractivity contribution in [3.8, 4) is 0 Å². The Morgan fingerprint density at radius 3 is 2.43 bits per heavy atom. The van der Waals surface area contributed by atoms with Crippen LogP contribution in [0.5, 0.6) is 0 Å². The van der Waals surface area contributed by atoms with Gasteiger partial charge in [-0.05, 0) is 26.3 Å². The molecule has 11 nitrogen and oxygen atoms in total. The maximum Gasteiger partial charge on any atom is 0.408 e. The van der Waals surface area contributed by atoms with Crippen LogP contribution < -0.4 is 10.6 Å². The minimum Gasteiger partial charge on any atom is -0.477 e. The summed E-state index contributed by atoms with van der Waals surface area (Å²) in [4.78, 5) is 62.5. The Kier molecular flexibility index (Phi) is 7.73. The molecule has 0 unspecified atom stereocenters.